The van der Waals surface area contributed by atoms with Gasteiger partial charge < -0.3 is 72.3 Å². The third-order valence-corrected chi connectivity index (χ3v) is 19.3. The molecule has 3 aliphatic carbocycles. The van der Waals surface area contributed by atoms with Crippen molar-refractivity contribution < 1.29 is 62.8 Å². The van der Waals surface area contributed by atoms with Gasteiger partial charge in [-0.15, -0.1) is 0 Å². The van der Waals surface area contributed by atoms with Crippen molar-refractivity contribution in [1.29, 1.82) is 0 Å². The van der Waals surface area contributed by atoms with E-state index in [-0.39, 0.29) is 125 Å². The number of nitrogens with one attached hydrogen (secondary N) is 9. The molecule has 426 valence electrons. The van der Waals surface area contributed by atoms with Gasteiger partial charge in [0.15, 0.2) is 5.60 Å². The fourth-order valence-electron chi connectivity index (χ4n) is 13.7. The first-order chi connectivity index (χ1) is 37.9. The number of hydrogen-bond donors (Lipinski definition) is 11. The Kier molecular flexibility index (Phi) is 13.7. The molecule has 11 N–H and O–H groups in total. The highest BCUT2D eigenvalue weighted by Gasteiger charge is 2.58. The molecule has 0 bridgehead atoms. The van der Waals surface area contributed by atoms with Gasteiger partial charge in [-0.3, -0.25) is 33.6 Å². The third kappa shape index (κ3) is 9.25. The molecule has 22 heteroatoms. The molecule has 22 nitrogen and oxygen atoms in total. The summed E-state index contributed by atoms with van der Waals surface area (Å²) in [5, 5.41) is 48.8. The maximum atomic E-state index is 14.0. The monoisotopic (exact) mass is 1100 g/mol. The Morgan fingerprint density at radius 2 is 0.963 bits per heavy atom. The lowest BCUT2D eigenvalue weighted by Gasteiger charge is -2.51. The van der Waals surface area contributed by atoms with Crippen LogP contribution in [0.15, 0.2) is 54.6 Å². The van der Waals surface area contributed by atoms with Gasteiger partial charge in [0, 0.05) is 96.5 Å². The van der Waals surface area contributed by atoms with Crippen LogP contribution in [0.25, 0.3) is 0 Å². The summed E-state index contributed by atoms with van der Waals surface area (Å²) in [6.07, 6.45) is 2.48. The summed E-state index contributed by atoms with van der Waals surface area (Å²) < 4.78 is 17.2. The Hall–Kier alpha value is -7.30. The van der Waals surface area contributed by atoms with E-state index in [0.717, 1.165) is 0 Å². The molecule has 1 spiro atoms. The minimum Gasteiger partial charge on any atom is -0.508 e. The zero-order valence-electron chi connectivity index (χ0n) is 45.9. The van der Waals surface area contributed by atoms with Crippen molar-refractivity contribution in [3.05, 3.63) is 82.4 Å². The van der Waals surface area contributed by atoms with Crippen LogP contribution in [-0.2, 0) is 43.8 Å². The second kappa shape index (κ2) is 20.0. The van der Waals surface area contributed by atoms with Gasteiger partial charge in [-0.2, -0.15) is 0 Å². The standard InChI is InChI=1S/C58H71N9O13/c1-55(2)35(48(71)63-27-16-39(60-24-27)51(74)66-44-21-36(56(44,3)4)49(72)64-28-17-40(61-25-28)52(75)67-45-22-37(53(76)78-7)57(45,5)6)20-43(55)65-50(73)38-15-26(23-59-38)62-47(70)31-9-8-10-34-46(31)54(77)80-58(34)32-13-11-29(68)18-41(32)79-42-19-30(69)12-14-33(42)58/h8-14,18-19,26-28,35-40,43-45,59-61,68-69H,15-17,20-25H2,1-7H3,(H,62,70)(H,63,71)(H,64,72)(H,65,73)(H,66,74)(H,67,75)/t26-,27-,28-,35+,36+,37+,38-,39-,40-,43+,44+,45+/m0/s1. The number of methoxy groups -OCH3 is 1. The lowest BCUT2D eigenvalue weighted by atomic mass is 9.58. The number of hydrogen-bond acceptors (Lipinski definition) is 16. The van der Waals surface area contributed by atoms with Crippen molar-refractivity contribution in [3.63, 3.8) is 0 Å². The molecule has 12 atom stereocenters. The van der Waals surface area contributed by atoms with Gasteiger partial charge in [0.05, 0.1) is 42.3 Å². The molecule has 3 aromatic rings. The molecule has 6 amide bonds. The van der Waals surface area contributed by atoms with E-state index < -0.39 is 63.8 Å². The number of ether oxygens (including phenoxy) is 3. The molecule has 11 rings (SSSR count). The van der Waals surface area contributed by atoms with Crippen LogP contribution in [0.3, 0.4) is 0 Å². The van der Waals surface area contributed by atoms with E-state index in [4.69, 9.17) is 14.2 Å². The first-order valence-corrected chi connectivity index (χ1v) is 27.7. The quantitative estimate of drug-likeness (QED) is 0.108. The average Bonchev–Trinajstić information content (AvgIpc) is 4.38. The van der Waals surface area contributed by atoms with E-state index in [0.29, 0.717) is 61.9 Å². The second-order valence-electron chi connectivity index (χ2n) is 25.0. The summed E-state index contributed by atoms with van der Waals surface area (Å²) in [6, 6.07) is 10.4. The molecule has 8 aliphatic rings. The fraction of sp³-hybridized carbons (Fsp3) is 0.552. The van der Waals surface area contributed by atoms with Gasteiger partial charge in [0.25, 0.3) is 5.91 Å². The summed E-state index contributed by atoms with van der Waals surface area (Å²) >= 11 is 0. The minimum absolute atomic E-state index is 0.0589. The molecule has 0 radical (unpaired) electrons. The number of amides is 6. The summed E-state index contributed by atoms with van der Waals surface area (Å²) in [4.78, 5) is 108. The lowest BCUT2D eigenvalue weighted by Crippen LogP contribution is -2.64. The topological polar surface area (TPSA) is 313 Å². The summed E-state index contributed by atoms with van der Waals surface area (Å²) in [6.45, 7) is 12.8. The van der Waals surface area contributed by atoms with Gasteiger partial charge in [0.2, 0.25) is 29.5 Å². The number of rotatable bonds is 13. The van der Waals surface area contributed by atoms with Crippen LogP contribution in [0.2, 0.25) is 0 Å². The first-order valence-electron chi connectivity index (χ1n) is 27.7. The molecular weight excluding hydrogens is 1030 g/mol. The normalized spacial score (nSPS) is 31.2. The predicted octanol–water partition coefficient (Wildman–Crippen LogP) is 1.59. The molecule has 0 unspecified atom stereocenters. The van der Waals surface area contributed by atoms with Gasteiger partial charge in [-0.05, 0) is 85.1 Å². The SMILES string of the molecule is COC(=O)[C@H]1C[C@@H](NC(=O)[C@@H]2C[C@H](NC(=O)[C@H]3C[C@@H](NC(=O)[C@@H]4C[C@H](NC(=O)[C@H]5C[C@@H](NC(=O)[C@@H]6C[C@H](NC(=O)c7cccc8c7C(=O)OC87c8ccc(O)cc8Oc8cc(O)ccc87)CN6)C5(C)C)CN4)C3(C)C)CN2)C1(C)C. The zero-order valence-corrected chi connectivity index (χ0v) is 45.9. The van der Waals surface area contributed by atoms with Gasteiger partial charge in [-0.25, -0.2) is 4.79 Å². The fourth-order valence-corrected chi connectivity index (χ4v) is 13.7. The number of carbonyl (C=O) groups excluding carboxylic acids is 8. The molecule has 80 heavy (non-hydrogen) atoms. The Morgan fingerprint density at radius 1 is 0.537 bits per heavy atom. The molecule has 5 heterocycles. The molecular formula is C58H71N9O13. The van der Waals surface area contributed by atoms with Crippen LogP contribution in [0.1, 0.15) is 117 Å². The van der Waals surface area contributed by atoms with E-state index in [2.05, 4.69) is 47.9 Å². The van der Waals surface area contributed by atoms with Crippen molar-refractivity contribution >= 4 is 47.4 Å². The Labute approximate surface area is 462 Å². The number of phenols is 2. The molecule has 0 aromatic heterocycles. The van der Waals surface area contributed by atoms with Crippen LogP contribution < -0.4 is 52.6 Å². The molecule has 3 aromatic carbocycles. The van der Waals surface area contributed by atoms with Crippen molar-refractivity contribution in [2.75, 3.05) is 26.7 Å². The average molecular weight is 1100 g/mol. The zero-order chi connectivity index (χ0) is 57.0. The van der Waals surface area contributed by atoms with E-state index in [1.807, 2.05) is 41.5 Å². The molecule has 3 saturated carbocycles. The number of esters is 2. The van der Waals surface area contributed by atoms with E-state index in [1.165, 1.54) is 37.4 Å². The highest BCUT2D eigenvalue weighted by atomic mass is 16.6. The molecule has 6 fully saturated rings. The van der Waals surface area contributed by atoms with Crippen LogP contribution >= 0.6 is 0 Å². The lowest BCUT2D eigenvalue weighted by molar-refractivity contribution is -0.160. The van der Waals surface area contributed by atoms with Crippen LogP contribution in [-0.4, -0.2) is 139 Å². The van der Waals surface area contributed by atoms with Gasteiger partial charge in [0.1, 0.15) is 23.0 Å². The summed E-state index contributed by atoms with van der Waals surface area (Å²) in [7, 11) is 1.36. The van der Waals surface area contributed by atoms with Gasteiger partial charge >= 0.3 is 11.9 Å². The van der Waals surface area contributed by atoms with Gasteiger partial charge in [-0.1, -0.05) is 53.7 Å². The third-order valence-electron chi connectivity index (χ3n) is 19.3. The predicted molar refractivity (Wildman–Crippen MR) is 286 cm³/mol. The maximum absolute atomic E-state index is 14.0. The van der Waals surface area contributed by atoms with E-state index in [9.17, 15) is 48.6 Å². The van der Waals surface area contributed by atoms with E-state index in [1.54, 1.807) is 24.3 Å². The molecule has 5 aliphatic heterocycles. The van der Waals surface area contributed by atoms with Crippen LogP contribution in [0, 0.1) is 34.0 Å². The number of fused-ring (bicyclic) bond motifs is 6. The highest BCUT2D eigenvalue weighted by molar-refractivity contribution is 6.09. The number of carbonyl (C=O) groups is 8. The van der Waals surface area contributed by atoms with Crippen LogP contribution in [0.5, 0.6) is 23.0 Å². The number of aromatic hydroxyl groups is 2. The second-order valence-corrected chi connectivity index (χ2v) is 25.0. The first kappa shape index (κ1) is 54.6. The number of benzene rings is 3. The highest BCUT2D eigenvalue weighted by Crippen LogP contribution is 2.58. The largest absolute Gasteiger partial charge is 0.508 e. The van der Waals surface area contributed by atoms with E-state index >= 15 is 0 Å². The Balaban J connectivity index is 0.614. The summed E-state index contributed by atoms with van der Waals surface area (Å²) in [5.74, 6) is -3.20. The van der Waals surface area contributed by atoms with Crippen molar-refractivity contribution in [2.45, 2.75) is 140 Å². The minimum atomic E-state index is -1.54. The van der Waals surface area contributed by atoms with Crippen molar-refractivity contribution in [1.82, 2.24) is 47.9 Å². The molecule has 3 saturated heterocycles. The Morgan fingerprint density at radius 3 is 1.39 bits per heavy atom. The Bertz CT molecular complexity index is 3050. The van der Waals surface area contributed by atoms with Crippen molar-refractivity contribution in [3.8, 4) is 23.0 Å². The smallest absolute Gasteiger partial charge is 0.340 e. The number of phenolic OH excluding ortho intramolecular Hbond substituents is 2. The van der Waals surface area contributed by atoms with Crippen molar-refractivity contribution in [2.24, 2.45) is 34.0 Å². The van der Waals surface area contributed by atoms with Crippen LogP contribution in [0.4, 0.5) is 0 Å². The maximum Gasteiger partial charge on any atom is 0.340 e. The summed E-state index contributed by atoms with van der Waals surface area (Å²) in [5.41, 5.74) is -1.70.